The van der Waals surface area contributed by atoms with Crippen LogP contribution in [0.2, 0.25) is 0 Å². The van der Waals surface area contributed by atoms with Gasteiger partial charge in [-0.2, -0.15) is 5.10 Å². The largest absolute Gasteiger partial charge is 0.337 e. The molecule has 1 saturated heterocycles. The molecular weight excluding hydrogens is 164 g/mol. The van der Waals surface area contributed by atoms with E-state index in [2.05, 4.69) is 27.7 Å². The lowest BCUT2D eigenvalue weighted by atomic mass is 10.1. The summed E-state index contributed by atoms with van der Waals surface area (Å²) in [5, 5.41) is 7.72. The van der Waals surface area contributed by atoms with Crippen LogP contribution in [0, 0.1) is 0 Å². The Morgan fingerprint density at radius 1 is 1.62 bits per heavy atom. The third-order valence-corrected chi connectivity index (χ3v) is 2.73. The van der Waals surface area contributed by atoms with Crippen molar-refractivity contribution in [3.63, 3.8) is 0 Å². The summed E-state index contributed by atoms with van der Waals surface area (Å²) in [6.07, 6.45) is 3.91. The second-order valence-corrected chi connectivity index (χ2v) is 3.79. The minimum Gasteiger partial charge on any atom is -0.337 e. The summed E-state index contributed by atoms with van der Waals surface area (Å²) in [6.45, 7) is 5.19. The van der Waals surface area contributed by atoms with Crippen LogP contribution >= 0.6 is 0 Å². The Labute approximate surface area is 79.4 Å². The molecule has 0 aliphatic carbocycles. The number of hydrogen-bond acceptors (Lipinski definition) is 4. The highest BCUT2D eigenvalue weighted by Gasteiger charge is 2.25. The zero-order valence-electron chi connectivity index (χ0n) is 8.21. The highest BCUT2D eigenvalue weighted by atomic mass is 15.5. The van der Waals surface area contributed by atoms with E-state index in [9.17, 15) is 0 Å². The van der Waals surface area contributed by atoms with E-state index < -0.39 is 0 Å². The molecule has 0 amide bonds. The van der Waals surface area contributed by atoms with Crippen molar-refractivity contribution in [2.45, 2.75) is 32.2 Å². The van der Waals surface area contributed by atoms with E-state index in [1.807, 2.05) is 0 Å². The van der Waals surface area contributed by atoms with Crippen molar-refractivity contribution in [3.8, 4) is 0 Å². The summed E-state index contributed by atoms with van der Waals surface area (Å²) in [4.78, 5) is 2.33. The minimum absolute atomic E-state index is 0.666. The second-order valence-electron chi connectivity index (χ2n) is 3.79. The van der Waals surface area contributed by atoms with Crippen LogP contribution in [0.25, 0.3) is 0 Å². The molecule has 13 heavy (non-hydrogen) atoms. The highest BCUT2D eigenvalue weighted by molar-refractivity contribution is 5.85. The maximum atomic E-state index is 4.20. The molecular formula is C9H18N4. The molecule has 2 aliphatic rings. The van der Waals surface area contributed by atoms with Gasteiger partial charge in [-0.1, -0.05) is 19.8 Å². The van der Waals surface area contributed by atoms with E-state index in [4.69, 9.17) is 0 Å². The summed E-state index contributed by atoms with van der Waals surface area (Å²) in [6, 6.07) is 0.666. The molecule has 0 spiro atoms. The number of piperazine rings is 1. The van der Waals surface area contributed by atoms with Gasteiger partial charge < -0.3 is 10.2 Å². The van der Waals surface area contributed by atoms with Gasteiger partial charge >= 0.3 is 0 Å². The fraction of sp³-hybridized carbons (Fsp3) is 0.889. The number of hydrogen-bond donors (Lipinski definition) is 2. The molecule has 1 unspecified atom stereocenters. The molecule has 4 nitrogen and oxygen atoms in total. The van der Waals surface area contributed by atoms with Crippen molar-refractivity contribution in [2.24, 2.45) is 5.10 Å². The molecule has 0 bridgehead atoms. The van der Waals surface area contributed by atoms with Crippen LogP contribution in [0.5, 0.6) is 0 Å². The Morgan fingerprint density at radius 2 is 2.54 bits per heavy atom. The first-order valence-electron chi connectivity index (χ1n) is 5.18. The first kappa shape index (κ1) is 8.81. The average molecular weight is 182 g/mol. The van der Waals surface area contributed by atoms with Crippen molar-refractivity contribution < 1.29 is 0 Å². The first-order valence-corrected chi connectivity index (χ1v) is 5.18. The van der Waals surface area contributed by atoms with Gasteiger partial charge in [0.05, 0.1) is 6.54 Å². The topological polar surface area (TPSA) is 39.7 Å². The molecule has 0 radical (unpaired) electrons. The summed E-state index contributed by atoms with van der Waals surface area (Å²) >= 11 is 0. The molecule has 74 valence electrons. The lowest BCUT2D eigenvalue weighted by Gasteiger charge is -2.31. The molecule has 4 heteroatoms. The lowest BCUT2D eigenvalue weighted by Crippen LogP contribution is -2.52. The van der Waals surface area contributed by atoms with Crippen LogP contribution < -0.4 is 10.7 Å². The van der Waals surface area contributed by atoms with Crippen molar-refractivity contribution in [1.82, 2.24) is 15.6 Å². The maximum Gasteiger partial charge on any atom is 0.140 e. The van der Waals surface area contributed by atoms with Gasteiger partial charge in [0.25, 0.3) is 0 Å². The van der Waals surface area contributed by atoms with Crippen molar-refractivity contribution in [1.29, 1.82) is 0 Å². The van der Waals surface area contributed by atoms with Crippen LogP contribution in [0.4, 0.5) is 0 Å². The van der Waals surface area contributed by atoms with Crippen LogP contribution in [0.15, 0.2) is 5.10 Å². The average Bonchev–Trinajstić information content (AvgIpc) is 2.61. The fourth-order valence-corrected chi connectivity index (χ4v) is 1.91. The van der Waals surface area contributed by atoms with Crippen LogP contribution in [0.1, 0.15) is 26.2 Å². The number of nitrogens with one attached hydrogen (secondary N) is 2. The van der Waals surface area contributed by atoms with Crippen LogP contribution in [-0.2, 0) is 0 Å². The second kappa shape index (κ2) is 3.96. The molecule has 0 aromatic rings. The van der Waals surface area contributed by atoms with E-state index in [0.29, 0.717) is 6.04 Å². The van der Waals surface area contributed by atoms with Gasteiger partial charge in [-0.15, -0.1) is 0 Å². The highest BCUT2D eigenvalue weighted by Crippen LogP contribution is 2.09. The number of nitrogens with zero attached hydrogens (tertiary/aromatic N) is 2. The number of amidine groups is 1. The number of fused-ring (bicyclic) bond motifs is 1. The number of unbranched alkanes of at least 4 members (excludes halogenated alkanes) is 1. The molecule has 0 aromatic carbocycles. The smallest absolute Gasteiger partial charge is 0.140 e. The van der Waals surface area contributed by atoms with Gasteiger partial charge in [0.15, 0.2) is 0 Å². The number of rotatable bonds is 3. The van der Waals surface area contributed by atoms with Gasteiger partial charge in [0, 0.05) is 12.6 Å². The number of hydrazone groups is 1. The SMILES string of the molecule is CCCCC1CN2CNN=C2CN1. The molecule has 2 N–H and O–H groups in total. The Kier molecular flexibility index (Phi) is 2.68. The first-order chi connectivity index (χ1) is 6.40. The van der Waals surface area contributed by atoms with Gasteiger partial charge in [0.2, 0.25) is 0 Å². The quantitative estimate of drug-likeness (QED) is 0.660. The zero-order valence-corrected chi connectivity index (χ0v) is 8.21. The van der Waals surface area contributed by atoms with E-state index in [0.717, 1.165) is 19.8 Å². The fourth-order valence-electron chi connectivity index (χ4n) is 1.91. The van der Waals surface area contributed by atoms with Gasteiger partial charge in [-0.3, -0.25) is 5.43 Å². The Hall–Kier alpha value is -0.770. The molecule has 0 aromatic heterocycles. The minimum atomic E-state index is 0.666. The van der Waals surface area contributed by atoms with Crippen LogP contribution in [-0.4, -0.2) is 36.5 Å². The zero-order chi connectivity index (χ0) is 9.10. The van der Waals surface area contributed by atoms with Crippen LogP contribution in [0.3, 0.4) is 0 Å². The molecule has 1 fully saturated rings. The molecule has 1 atom stereocenters. The molecule has 2 aliphatic heterocycles. The molecule has 2 heterocycles. The Bertz CT molecular complexity index is 202. The normalized spacial score (nSPS) is 26.7. The van der Waals surface area contributed by atoms with E-state index in [-0.39, 0.29) is 0 Å². The summed E-state index contributed by atoms with van der Waals surface area (Å²) in [5.41, 5.74) is 3.01. The molecule has 2 rings (SSSR count). The predicted octanol–water partition coefficient (Wildman–Crippen LogP) is 0.325. The van der Waals surface area contributed by atoms with Crippen molar-refractivity contribution >= 4 is 5.84 Å². The maximum absolute atomic E-state index is 4.20. The standard InChI is InChI=1S/C9H18N4/c1-2-3-4-8-6-13-7-11-12-9(13)5-10-8/h8,10-11H,2-7H2,1H3. The molecule has 0 saturated carbocycles. The van der Waals surface area contributed by atoms with E-state index in [1.54, 1.807) is 0 Å². The monoisotopic (exact) mass is 182 g/mol. The Balaban J connectivity index is 1.81. The predicted molar refractivity (Wildman–Crippen MR) is 53.5 cm³/mol. The van der Waals surface area contributed by atoms with Gasteiger partial charge in [0.1, 0.15) is 12.5 Å². The Morgan fingerprint density at radius 3 is 3.38 bits per heavy atom. The lowest BCUT2D eigenvalue weighted by molar-refractivity contribution is 0.315. The third kappa shape index (κ3) is 1.94. The van der Waals surface area contributed by atoms with Crippen molar-refractivity contribution in [3.05, 3.63) is 0 Å². The van der Waals surface area contributed by atoms with Gasteiger partial charge in [-0.05, 0) is 6.42 Å². The summed E-state index contributed by atoms with van der Waals surface area (Å²) < 4.78 is 0. The summed E-state index contributed by atoms with van der Waals surface area (Å²) in [7, 11) is 0. The van der Waals surface area contributed by atoms with E-state index >= 15 is 0 Å². The van der Waals surface area contributed by atoms with E-state index in [1.165, 1.54) is 25.1 Å². The van der Waals surface area contributed by atoms with Crippen molar-refractivity contribution in [2.75, 3.05) is 19.8 Å². The summed E-state index contributed by atoms with van der Waals surface area (Å²) in [5.74, 6) is 1.17. The third-order valence-electron chi connectivity index (χ3n) is 2.73. The van der Waals surface area contributed by atoms with Gasteiger partial charge in [-0.25, -0.2) is 0 Å².